The average Bonchev–Trinajstić information content (AvgIpc) is 2.55. The Morgan fingerprint density at radius 1 is 0.600 bits per heavy atom. The Balaban J connectivity index is 2.00. The summed E-state index contributed by atoms with van der Waals surface area (Å²) in [4.78, 5) is 0.316. The van der Waals surface area contributed by atoms with Crippen molar-refractivity contribution in [3.63, 3.8) is 0 Å². The minimum absolute atomic E-state index is 0.158. The SMILES string of the molecule is Cc1cc(C)c(S(=O)(=O)OC/C=C/COS(=O)(=O)c2c(C)cc(C)cc2C)c(C)c1. The van der Waals surface area contributed by atoms with Crippen LogP contribution in [-0.4, -0.2) is 30.0 Å². The molecule has 2 rings (SSSR count). The van der Waals surface area contributed by atoms with Gasteiger partial charge in [0, 0.05) is 0 Å². The fourth-order valence-electron chi connectivity index (χ4n) is 3.63. The lowest BCUT2D eigenvalue weighted by Gasteiger charge is -2.12. The maximum Gasteiger partial charge on any atom is 0.297 e. The molecule has 0 aromatic heterocycles. The third-order valence-corrected chi connectivity index (χ3v) is 7.70. The highest BCUT2D eigenvalue weighted by Crippen LogP contribution is 2.24. The maximum atomic E-state index is 12.5. The van der Waals surface area contributed by atoms with Crippen molar-refractivity contribution < 1.29 is 25.2 Å². The van der Waals surface area contributed by atoms with Crippen molar-refractivity contribution in [1.29, 1.82) is 0 Å². The minimum atomic E-state index is -3.92. The van der Waals surface area contributed by atoms with Crippen LogP contribution in [0, 0.1) is 41.5 Å². The zero-order chi connectivity index (χ0) is 22.7. The topological polar surface area (TPSA) is 86.7 Å². The molecule has 30 heavy (non-hydrogen) atoms. The summed E-state index contributed by atoms with van der Waals surface area (Å²) >= 11 is 0. The molecule has 0 aliphatic heterocycles. The summed E-state index contributed by atoms with van der Waals surface area (Å²) in [7, 11) is -7.85. The van der Waals surface area contributed by atoms with Crippen LogP contribution in [0.15, 0.2) is 46.2 Å². The second kappa shape index (κ2) is 9.43. The van der Waals surface area contributed by atoms with Crippen LogP contribution in [0.3, 0.4) is 0 Å². The molecule has 0 atom stereocenters. The third-order valence-electron chi connectivity index (χ3n) is 4.51. The van der Waals surface area contributed by atoms with Crippen LogP contribution in [0.25, 0.3) is 0 Å². The average molecular weight is 453 g/mol. The van der Waals surface area contributed by atoms with Crippen LogP contribution >= 0.6 is 0 Å². The van der Waals surface area contributed by atoms with Gasteiger partial charge in [-0.25, -0.2) is 0 Å². The zero-order valence-electron chi connectivity index (χ0n) is 18.1. The van der Waals surface area contributed by atoms with Crippen molar-refractivity contribution in [3.05, 3.63) is 69.8 Å². The Morgan fingerprint density at radius 3 is 1.13 bits per heavy atom. The van der Waals surface area contributed by atoms with Gasteiger partial charge in [0.25, 0.3) is 20.2 Å². The second-order valence-electron chi connectivity index (χ2n) is 7.40. The van der Waals surface area contributed by atoms with Gasteiger partial charge in [-0.3, -0.25) is 8.37 Å². The second-order valence-corrected chi connectivity index (χ2v) is 10.5. The highest BCUT2D eigenvalue weighted by molar-refractivity contribution is 7.87. The van der Waals surface area contributed by atoms with E-state index in [1.54, 1.807) is 52.0 Å². The predicted octanol–water partition coefficient (Wildman–Crippen LogP) is 4.20. The van der Waals surface area contributed by atoms with Crippen molar-refractivity contribution in [2.45, 2.75) is 51.3 Å². The lowest BCUT2D eigenvalue weighted by Crippen LogP contribution is -2.11. The number of hydrogen-bond acceptors (Lipinski definition) is 6. The van der Waals surface area contributed by atoms with Gasteiger partial charge in [0.1, 0.15) is 0 Å². The lowest BCUT2D eigenvalue weighted by molar-refractivity contribution is 0.345. The van der Waals surface area contributed by atoms with E-state index in [4.69, 9.17) is 8.37 Å². The predicted molar refractivity (Wildman–Crippen MR) is 117 cm³/mol. The normalized spacial score (nSPS) is 12.6. The largest absolute Gasteiger partial charge is 0.297 e. The molecule has 0 N–H and O–H groups in total. The maximum absolute atomic E-state index is 12.5. The van der Waals surface area contributed by atoms with Crippen molar-refractivity contribution in [1.82, 2.24) is 0 Å². The van der Waals surface area contributed by atoms with Crippen LogP contribution in [0.2, 0.25) is 0 Å². The quantitative estimate of drug-likeness (QED) is 0.441. The molecule has 0 fully saturated rings. The van der Waals surface area contributed by atoms with Crippen LogP contribution in [0.4, 0.5) is 0 Å². The smallest absolute Gasteiger partial charge is 0.262 e. The molecular formula is C22H28O6S2. The Hall–Kier alpha value is -2.00. The fourth-order valence-corrected chi connectivity index (χ4v) is 6.20. The lowest BCUT2D eigenvalue weighted by atomic mass is 10.1. The molecule has 6 nitrogen and oxygen atoms in total. The van der Waals surface area contributed by atoms with E-state index in [2.05, 4.69) is 0 Å². The highest BCUT2D eigenvalue weighted by Gasteiger charge is 2.21. The van der Waals surface area contributed by atoms with Crippen molar-refractivity contribution in [2.24, 2.45) is 0 Å². The van der Waals surface area contributed by atoms with E-state index in [1.807, 2.05) is 13.8 Å². The van der Waals surface area contributed by atoms with Gasteiger partial charge in [-0.1, -0.05) is 47.5 Å². The molecule has 8 heteroatoms. The molecule has 0 saturated carbocycles. The van der Waals surface area contributed by atoms with Gasteiger partial charge in [-0.05, 0) is 63.8 Å². The molecule has 0 aliphatic rings. The summed E-state index contributed by atoms with van der Waals surface area (Å²) < 4.78 is 60.1. The van der Waals surface area contributed by atoms with E-state index in [1.165, 1.54) is 12.2 Å². The Bertz CT molecular complexity index is 1040. The number of benzene rings is 2. The standard InChI is InChI=1S/C22H28O6S2/c1-15-11-17(3)21(18(4)12-15)29(23,24)27-9-7-8-10-28-30(25,26)22-19(5)13-16(2)14-20(22)6/h7-8,11-14H,9-10H2,1-6H3/b8-7+. The van der Waals surface area contributed by atoms with Gasteiger partial charge < -0.3 is 0 Å². The number of hydrogen-bond donors (Lipinski definition) is 0. The summed E-state index contributed by atoms with van der Waals surface area (Å²) in [5.74, 6) is 0. The van der Waals surface area contributed by atoms with E-state index in [9.17, 15) is 16.8 Å². The number of aryl methyl sites for hydroxylation is 6. The van der Waals surface area contributed by atoms with E-state index >= 15 is 0 Å². The van der Waals surface area contributed by atoms with Crippen molar-refractivity contribution in [3.8, 4) is 0 Å². The van der Waals surface area contributed by atoms with E-state index in [0.717, 1.165) is 11.1 Å². The van der Waals surface area contributed by atoms with Crippen LogP contribution < -0.4 is 0 Å². The molecule has 2 aromatic carbocycles. The molecular weight excluding hydrogens is 424 g/mol. The first-order valence-corrected chi connectivity index (χ1v) is 12.3. The summed E-state index contributed by atoms with van der Waals surface area (Å²) in [5.41, 5.74) is 4.43. The highest BCUT2D eigenvalue weighted by atomic mass is 32.2. The summed E-state index contributed by atoms with van der Waals surface area (Å²) in [5, 5.41) is 0. The van der Waals surface area contributed by atoms with Crippen LogP contribution in [0.1, 0.15) is 33.4 Å². The molecule has 0 amide bonds. The van der Waals surface area contributed by atoms with Gasteiger partial charge in [-0.2, -0.15) is 16.8 Å². The summed E-state index contributed by atoms with van der Waals surface area (Å²) in [6.07, 6.45) is 2.83. The van der Waals surface area contributed by atoms with Gasteiger partial charge in [0.15, 0.2) is 0 Å². The monoisotopic (exact) mass is 452 g/mol. The molecule has 0 saturated heterocycles. The molecule has 0 spiro atoms. The molecule has 0 aliphatic carbocycles. The minimum Gasteiger partial charge on any atom is -0.262 e. The van der Waals surface area contributed by atoms with Gasteiger partial charge in [0.2, 0.25) is 0 Å². The van der Waals surface area contributed by atoms with E-state index < -0.39 is 20.2 Å². The summed E-state index contributed by atoms with van der Waals surface area (Å²) in [6, 6.07) is 7.14. The van der Waals surface area contributed by atoms with E-state index in [0.29, 0.717) is 22.3 Å². The van der Waals surface area contributed by atoms with Gasteiger partial charge in [-0.15, -0.1) is 0 Å². The molecule has 0 heterocycles. The molecule has 2 aromatic rings. The van der Waals surface area contributed by atoms with Crippen LogP contribution in [-0.2, 0) is 28.6 Å². The Labute approximate surface area is 179 Å². The van der Waals surface area contributed by atoms with E-state index in [-0.39, 0.29) is 23.0 Å². The first kappa shape index (κ1) is 24.3. The van der Waals surface area contributed by atoms with Crippen LogP contribution in [0.5, 0.6) is 0 Å². The third kappa shape index (κ3) is 5.78. The zero-order valence-corrected chi connectivity index (χ0v) is 19.8. The van der Waals surface area contributed by atoms with Gasteiger partial charge >= 0.3 is 0 Å². The van der Waals surface area contributed by atoms with Gasteiger partial charge in [0.05, 0.1) is 23.0 Å². The summed E-state index contributed by atoms with van der Waals surface area (Å²) in [6.45, 7) is 10.2. The first-order valence-electron chi connectivity index (χ1n) is 9.44. The molecule has 0 radical (unpaired) electrons. The fraction of sp³-hybridized carbons (Fsp3) is 0.364. The van der Waals surface area contributed by atoms with Crippen molar-refractivity contribution >= 4 is 20.2 Å². The molecule has 0 unspecified atom stereocenters. The molecule has 0 bridgehead atoms. The molecule has 164 valence electrons. The Morgan fingerprint density at radius 2 is 0.867 bits per heavy atom. The van der Waals surface area contributed by atoms with Crippen molar-refractivity contribution in [2.75, 3.05) is 13.2 Å². The Kier molecular flexibility index (Phi) is 7.63. The first-order chi connectivity index (χ1) is 13.8. The number of rotatable bonds is 8.